The Morgan fingerprint density at radius 2 is 2.22 bits per heavy atom. The number of hydrogen-bond donors (Lipinski definition) is 0. The Morgan fingerprint density at radius 1 is 1.44 bits per heavy atom. The van der Waals surface area contributed by atoms with E-state index in [0.29, 0.717) is 13.0 Å². The van der Waals surface area contributed by atoms with Gasteiger partial charge in [-0.2, -0.15) is 0 Å². The second-order valence-electron chi connectivity index (χ2n) is 2.26. The zero-order valence-corrected chi connectivity index (χ0v) is 5.35. The van der Waals surface area contributed by atoms with E-state index in [-0.39, 0.29) is 5.97 Å². The molecule has 1 fully saturated rings. The largest absolute Gasteiger partial charge is 0.461 e. The van der Waals surface area contributed by atoms with E-state index in [1.54, 1.807) is 0 Å². The van der Waals surface area contributed by atoms with Gasteiger partial charge in [0.05, 0.1) is 0 Å². The topological polar surface area (TPSA) is 26.3 Å². The van der Waals surface area contributed by atoms with Gasteiger partial charge in [-0.05, 0) is 18.4 Å². The third-order valence-electron chi connectivity index (χ3n) is 1.35. The Balaban J connectivity index is 2.43. The molecule has 0 aromatic carbocycles. The van der Waals surface area contributed by atoms with Crippen LogP contribution < -0.4 is 0 Å². The Kier molecular flexibility index (Phi) is 1.88. The summed E-state index contributed by atoms with van der Waals surface area (Å²) in [6.45, 7) is 4.16. The SMILES string of the molecule is C=C1CCCC(=O)OC1. The molecule has 1 saturated heterocycles. The predicted molar refractivity (Wildman–Crippen MR) is 33.9 cm³/mol. The van der Waals surface area contributed by atoms with E-state index in [2.05, 4.69) is 6.58 Å². The summed E-state index contributed by atoms with van der Waals surface area (Å²) in [5, 5.41) is 0. The van der Waals surface area contributed by atoms with E-state index in [1.807, 2.05) is 0 Å². The number of ether oxygens (including phenoxy) is 1. The van der Waals surface area contributed by atoms with Crippen LogP contribution in [0.1, 0.15) is 19.3 Å². The average Bonchev–Trinajstić information content (AvgIpc) is 1.97. The van der Waals surface area contributed by atoms with Crippen LogP contribution in [0.15, 0.2) is 12.2 Å². The van der Waals surface area contributed by atoms with Crippen LogP contribution in [0.2, 0.25) is 0 Å². The van der Waals surface area contributed by atoms with Gasteiger partial charge in [0.2, 0.25) is 0 Å². The minimum Gasteiger partial charge on any atom is -0.461 e. The van der Waals surface area contributed by atoms with Crippen molar-refractivity contribution < 1.29 is 9.53 Å². The zero-order chi connectivity index (χ0) is 6.69. The summed E-state index contributed by atoms with van der Waals surface area (Å²) in [6, 6.07) is 0. The lowest BCUT2D eigenvalue weighted by Crippen LogP contribution is -2.01. The van der Waals surface area contributed by atoms with Crippen molar-refractivity contribution in [3.05, 3.63) is 12.2 Å². The van der Waals surface area contributed by atoms with Crippen molar-refractivity contribution in [1.82, 2.24) is 0 Å². The highest BCUT2D eigenvalue weighted by Gasteiger charge is 2.08. The number of hydrogen-bond acceptors (Lipinski definition) is 2. The molecule has 0 aromatic rings. The zero-order valence-electron chi connectivity index (χ0n) is 5.35. The Hall–Kier alpha value is -0.790. The Morgan fingerprint density at radius 3 is 3.00 bits per heavy atom. The van der Waals surface area contributed by atoms with Crippen LogP contribution in [-0.4, -0.2) is 12.6 Å². The van der Waals surface area contributed by atoms with Crippen LogP contribution in [-0.2, 0) is 9.53 Å². The monoisotopic (exact) mass is 126 g/mol. The van der Waals surface area contributed by atoms with Gasteiger partial charge in [-0.3, -0.25) is 4.79 Å². The number of cyclic esters (lactones) is 1. The first-order chi connectivity index (χ1) is 4.29. The van der Waals surface area contributed by atoms with Gasteiger partial charge >= 0.3 is 5.97 Å². The number of carbonyl (C=O) groups is 1. The highest BCUT2D eigenvalue weighted by Crippen LogP contribution is 2.11. The lowest BCUT2D eigenvalue weighted by molar-refractivity contribution is -0.141. The van der Waals surface area contributed by atoms with Gasteiger partial charge in [0, 0.05) is 6.42 Å². The molecule has 2 heteroatoms. The van der Waals surface area contributed by atoms with Crippen molar-refractivity contribution in [2.24, 2.45) is 0 Å². The highest BCUT2D eigenvalue weighted by atomic mass is 16.5. The van der Waals surface area contributed by atoms with Crippen LogP contribution in [0.5, 0.6) is 0 Å². The van der Waals surface area contributed by atoms with E-state index in [0.717, 1.165) is 18.4 Å². The third kappa shape index (κ3) is 1.88. The van der Waals surface area contributed by atoms with Crippen molar-refractivity contribution in [2.75, 3.05) is 6.61 Å². The van der Waals surface area contributed by atoms with E-state index in [9.17, 15) is 4.79 Å². The number of rotatable bonds is 0. The predicted octanol–water partition coefficient (Wildman–Crippen LogP) is 1.27. The molecule has 1 rings (SSSR count). The van der Waals surface area contributed by atoms with E-state index < -0.39 is 0 Å². The molecule has 0 unspecified atom stereocenters. The quantitative estimate of drug-likeness (QED) is 0.361. The summed E-state index contributed by atoms with van der Waals surface area (Å²) in [4.78, 5) is 10.6. The van der Waals surface area contributed by atoms with E-state index in [1.165, 1.54) is 0 Å². The van der Waals surface area contributed by atoms with Crippen molar-refractivity contribution in [2.45, 2.75) is 19.3 Å². The lowest BCUT2D eigenvalue weighted by atomic mass is 10.1. The van der Waals surface area contributed by atoms with E-state index >= 15 is 0 Å². The standard InChI is InChI=1S/C7H10O2/c1-6-3-2-4-7(8)9-5-6/h1-5H2. The number of esters is 1. The third-order valence-corrected chi connectivity index (χ3v) is 1.35. The number of carbonyl (C=O) groups excluding carboxylic acids is 1. The van der Waals surface area contributed by atoms with Crippen LogP contribution in [0.3, 0.4) is 0 Å². The minimum absolute atomic E-state index is 0.0892. The van der Waals surface area contributed by atoms with Gasteiger partial charge in [0.1, 0.15) is 6.61 Å². The molecular formula is C7H10O2. The molecular weight excluding hydrogens is 116 g/mol. The van der Waals surface area contributed by atoms with Crippen molar-refractivity contribution >= 4 is 5.97 Å². The first-order valence-corrected chi connectivity index (χ1v) is 3.11. The molecule has 0 spiro atoms. The van der Waals surface area contributed by atoms with Gasteiger partial charge in [0.25, 0.3) is 0 Å². The lowest BCUT2D eigenvalue weighted by Gasteiger charge is -1.97. The fourth-order valence-electron chi connectivity index (χ4n) is 0.810. The maximum Gasteiger partial charge on any atom is 0.306 e. The summed E-state index contributed by atoms with van der Waals surface area (Å²) in [5.74, 6) is -0.0892. The molecule has 1 aliphatic rings. The fourth-order valence-corrected chi connectivity index (χ4v) is 0.810. The molecule has 0 atom stereocenters. The molecule has 0 amide bonds. The van der Waals surface area contributed by atoms with Crippen molar-refractivity contribution in [3.8, 4) is 0 Å². The first kappa shape index (κ1) is 6.33. The van der Waals surface area contributed by atoms with Crippen LogP contribution >= 0.6 is 0 Å². The molecule has 50 valence electrons. The normalized spacial score (nSPS) is 20.9. The maximum absolute atomic E-state index is 10.6. The summed E-state index contributed by atoms with van der Waals surface area (Å²) in [7, 11) is 0. The minimum atomic E-state index is -0.0892. The molecule has 1 heterocycles. The van der Waals surface area contributed by atoms with Gasteiger partial charge in [-0.25, -0.2) is 0 Å². The van der Waals surface area contributed by atoms with Crippen molar-refractivity contribution in [1.29, 1.82) is 0 Å². The molecule has 0 saturated carbocycles. The molecule has 0 bridgehead atoms. The maximum atomic E-state index is 10.6. The van der Waals surface area contributed by atoms with Gasteiger partial charge < -0.3 is 4.74 Å². The van der Waals surface area contributed by atoms with Crippen molar-refractivity contribution in [3.63, 3.8) is 0 Å². The molecule has 0 radical (unpaired) electrons. The Labute approximate surface area is 54.5 Å². The van der Waals surface area contributed by atoms with Crippen LogP contribution in [0, 0.1) is 0 Å². The van der Waals surface area contributed by atoms with Gasteiger partial charge in [0.15, 0.2) is 0 Å². The van der Waals surface area contributed by atoms with Crippen LogP contribution in [0.4, 0.5) is 0 Å². The summed E-state index contributed by atoms with van der Waals surface area (Å²) >= 11 is 0. The van der Waals surface area contributed by atoms with Gasteiger partial charge in [-0.1, -0.05) is 6.58 Å². The molecule has 0 aliphatic carbocycles. The summed E-state index contributed by atoms with van der Waals surface area (Å²) in [5.41, 5.74) is 1.03. The summed E-state index contributed by atoms with van der Waals surface area (Å²) in [6.07, 6.45) is 2.39. The smallest absolute Gasteiger partial charge is 0.306 e. The molecule has 1 aliphatic heterocycles. The highest BCUT2D eigenvalue weighted by molar-refractivity contribution is 5.69. The van der Waals surface area contributed by atoms with Crippen LogP contribution in [0.25, 0.3) is 0 Å². The molecule has 0 aromatic heterocycles. The molecule has 2 nitrogen and oxygen atoms in total. The van der Waals surface area contributed by atoms with E-state index in [4.69, 9.17) is 4.74 Å². The molecule has 9 heavy (non-hydrogen) atoms. The fraction of sp³-hybridized carbons (Fsp3) is 0.571. The first-order valence-electron chi connectivity index (χ1n) is 3.11. The second-order valence-corrected chi connectivity index (χ2v) is 2.26. The van der Waals surface area contributed by atoms with Gasteiger partial charge in [-0.15, -0.1) is 0 Å². The summed E-state index contributed by atoms with van der Waals surface area (Å²) < 4.78 is 4.78. The second kappa shape index (κ2) is 2.67. The average molecular weight is 126 g/mol. The Bertz CT molecular complexity index is 122. The molecule has 0 N–H and O–H groups in total.